The fraction of sp³-hybridized carbons (Fsp3) is 0.889. The summed E-state index contributed by atoms with van der Waals surface area (Å²) >= 11 is 0. The molecule has 0 heterocycles. The number of hydrogen-bond donors (Lipinski definition) is 1. The lowest BCUT2D eigenvalue weighted by Gasteiger charge is -2.25. The molecular weight excluding hydrogens is 195 g/mol. The number of rotatable bonds is 3. The molecule has 0 aromatic carbocycles. The second-order valence-corrected chi connectivity index (χ2v) is 3.97. The number of amides is 1. The maximum Gasteiger partial charge on any atom is 0.408 e. The van der Waals surface area contributed by atoms with E-state index in [0.29, 0.717) is 6.42 Å². The molecule has 0 fully saturated rings. The summed E-state index contributed by atoms with van der Waals surface area (Å²) in [7, 11) is 0. The van der Waals surface area contributed by atoms with Crippen LogP contribution in [0.3, 0.4) is 0 Å². The van der Waals surface area contributed by atoms with Crippen LogP contribution < -0.4 is 5.32 Å². The highest BCUT2D eigenvalue weighted by molar-refractivity contribution is 5.82. The summed E-state index contributed by atoms with van der Waals surface area (Å²) in [6.07, 6.45) is -3.87. The summed E-state index contributed by atoms with van der Waals surface area (Å²) in [6, 6.07) is -1.79. The van der Waals surface area contributed by atoms with Crippen LogP contribution in [0.1, 0.15) is 34.1 Å². The second-order valence-electron chi connectivity index (χ2n) is 3.97. The van der Waals surface area contributed by atoms with Crippen LogP contribution in [0.15, 0.2) is 0 Å². The molecular formula is C9H16F3NO. The smallest absolute Gasteiger partial charge is 0.344 e. The SMILES string of the molecule is CCC(C)(C)C(=O)NC(C)C(F)(F)F. The number of halogens is 3. The predicted molar refractivity (Wildman–Crippen MR) is 47.7 cm³/mol. The van der Waals surface area contributed by atoms with Crippen molar-refractivity contribution in [2.75, 3.05) is 0 Å². The van der Waals surface area contributed by atoms with E-state index in [1.54, 1.807) is 20.8 Å². The van der Waals surface area contributed by atoms with E-state index in [9.17, 15) is 18.0 Å². The molecule has 14 heavy (non-hydrogen) atoms. The number of alkyl halides is 3. The van der Waals surface area contributed by atoms with Crippen LogP contribution in [0.25, 0.3) is 0 Å². The van der Waals surface area contributed by atoms with E-state index in [0.717, 1.165) is 6.92 Å². The molecule has 1 unspecified atom stereocenters. The van der Waals surface area contributed by atoms with E-state index >= 15 is 0 Å². The van der Waals surface area contributed by atoms with Crippen molar-refractivity contribution in [2.45, 2.75) is 46.3 Å². The lowest BCUT2D eigenvalue weighted by atomic mass is 9.89. The third-order valence-corrected chi connectivity index (χ3v) is 2.34. The minimum atomic E-state index is -4.38. The number of hydrogen-bond acceptors (Lipinski definition) is 1. The molecule has 5 heteroatoms. The Balaban J connectivity index is 4.35. The van der Waals surface area contributed by atoms with E-state index in [-0.39, 0.29) is 0 Å². The Morgan fingerprint density at radius 1 is 1.36 bits per heavy atom. The zero-order chi connectivity index (χ0) is 11.6. The highest BCUT2D eigenvalue weighted by Crippen LogP contribution is 2.23. The normalized spacial score (nSPS) is 15.1. The summed E-state index contributed by atoms with van der Waals surface area (Å²) in [5, 5.41) is 1.95. The van der Waals surface area contributed by atoms with Gasteiger partial charge in [0.2, 0.25) is 5.91 Å². The topological polar surface area (TPSA) is 29.1 Å². The largest absolute Gasteiger partial charge is 0.408 e. The Bertz CT molecular complexity index is 211. The molecule has 0 radical (unpaired) electrons. The third kappa shape index (κ3) is 3.55. The molecule has 1 amide bonds. The Labute approximate surface area is 81.9 Å². The van der Waals surface area contributed by atoms with Gasteiger partial charge in [-0.3, -0.25) is 4.79 Å². The van der Waals surface area contributed by atoms with Crippen molar-refractivity contribution < 1.29 is 18.0 Å². The van der Waals surface area contributed by atoms with Crippen molar-refractivity contribution in [1.82, 2.24) is 5.32 Å². The van der Waals surface area contributed by atoms with Crippen LogP contribution in [-0.2, 0) is 4.79 Å². The zero-order valence-electron chi connectivity index (χ0n) is 8.83. The molecule has 0 aliphatic carbocycles. The highest BCUT2D eigenvalue weighted by Gasteiger charge is 2.39. The molecule has 1 atom stereocenters. The molecule has 0 rings (SSSR count). The van der Waals surface area contributed by atoms with Crippen molar-refractivity contribution in [3.63, 3.8) is 0 Å². The summed E-state index contributed by atoms with van der Waals surface area (Å²) in [5.41, 5.74) is -0.750. The molecule has 1 N–H and O–H groups in total. The summed E-state index contributed by atoms with van der Waals surface area (Å²) in [5.74, 6) is -0.565. The van der Waals surface area contributed by atoms with Gasteiger partial charge in [-0.05, 0) is 13.3 Å². The molecule has 0 aliphatic rings. The molecule has 0 saturated heterocycles. The Kier molecular flexibility index (Phi) is 3.97. The van der Waals surface area contributed by atoms with Gasteiger partial charge < -0.3 is 5.32 Å². The quantitative estimate of drug-likeness (QED) is 0.763. The van der Waals surface area contributed by atoms with Crippen molar-refractivity contribution in [3.05, 3.63) is 0 Å². The molecule has 2 nitrogen and oxygen atoms in total. The van der Waals surface area contributed by atoms with Crippen LogP contribution >= 0.6 is 0 Å². The van der Waals surface area contributed by atoms with E-state index in [4.69, 9.17) is 0 Å². The fourth-order valence-electron chi connectivity index (χ4n) is 0.634. The van der Waals surface area contributed by atoms with Crippen LogP contribution in [0.2, 0.25) is 0 Å². The van der Waals surface area contributed by atoms with Gasteiger partial charge in [0.1, 0.15) is 6.04 Å². The first-order valence-electron chi connectivity index (χ1n) is 4.49. The summed E-state index contributed by atoms with van der Waals surface area (Å²) in [4.78, 5) is 11.3. The van der Waals surface area contributed by atoms with E-state index in [1.807, 2.05) is 5.32 Å². The Morgan fingerprint density at radius 2 is 1.79 bits per heavy atom. The monoisotopic (exact) mass is 211 g/mol. The fourth-order valence-corrected chi connectivity index (χ4v) is 0.634. The first-order valence-corrected chi connectivity index (χ1v) is 4.49. The van der Waals surface area contributed by atoms with Crippen LogP contribution in [0.4, 0.5) is 13.2 Å². The van der Waals surface area contributed by atoms with Gasteiger partial charge in [-0.25, -0.2) is 0 Å². The highest BCUT2D eigenvalue weighted by atomic mass is 19.4. The minimum absolute atomic E-state index is 0.503. The van der Waals surface area contributed by atoms with Gasteiger partial charge in [0.15, 0.2) is 0 Å². The van der Waals surface area contributed by atoms with Crippen molar-refractivity contribution in [3.8, 4) is 0 Å². The number of carbonyl (C=O) groups is 1. The summed E-state index contributed by atoms with van der Waals surface area (Å²) < 4.78 is 36.3. The van der Waals surface area contributed by atoms with Crippen LogP contribution in [-0.4, -0.2) is 18.1 Å². The lowest BCUT2D eigenvalue weighted by Crippen LogP contribution is -2.47. The van der Waals surface area contributed by atoms with Crippen LogP contribution in [0, 0.1) is 5.41 Å². The second kappa shape index (κ2) is 4.19. The van der Waals surface area contributed by atoms with Gasteiger partial charge in [-0.2, -0.15) is 13.2 Å². The Morgan fingerprint density at radius 3 is 2.07 bits per heavy atom. The van der Waals surface area contributed by atoms with Gasteiger partial charge in [0, 0.05) is 5.41 Å². The Hall–Kier alpha value is -0.740. The van der Waals surface area contributed by atoms with Gasteiger partial charge in [-0.1, -0.05) is 20.8 Å². The van der Waals surface area contributed by atoms with Gasteiger partial charge >= 0.3 is 6.18 Å². The maximum absolute atomic E-state index is 12.1. The van der Waals surface area contributed by atoms with Crippen molar-refractivity contribution in [1.29, 1.82) is 0 Å². The molecule has 0 spiro atoms. The van der Waals surface area contributed by atoms with Gasteiger partial charge in [0.25, 0.3) is 0 Å². The van der Waals surface area contributed by atoms with Gasteiger partial charge in [-0.15, -0.1) is 0 Å². The molecule has 0 saturated carbocycles. The molecule has 0 aromatic rings. The number of carbonyl (C=O) groups excluding carboxylic acids is 1. The molecule has 0 bridgehead atoms. The lowest BCUT2D eigenvalue weighted by molar-refractivity contribution is -0.161. The van der Waals surface area contributed by atoms with Crippen molar-refractivity contribution >= 4 is 5.91 Å². The van der Waals surface area contributed by atoms with Crippen molar-refractivity contribution in [2.24, 2.45) is 5.41 Å². The third-order valence-electron chi connectivity index (χ3n) is 2.34. The first-order chi connectivity index (χ1) is 6.11. The maximum atomic E-state index is 12.1. The summed E-state index contributed by atoms with van der Waals surface area (Å²) in [6.45, 7) is 5.93. The molecule has 0 aromatic heterocycles. The average molecular weight is 211 g/mol. The average Bonchev–Trinajstić information content (AvgIpc) is 2.02. The number of nitrogens with one attached hydrogen (secondary N) is 1. The molecule has 0 aliphatic heterocycles. The van der Waals surface area contributed by atoms with E-state index in [2.05, 4.69) is 0 Å². The first kappa shape index (κ1) is 13.3. The standard InChI is InChI=1S/C9H16F3NO/c1-5-8(3,4)7(14)13-6(2)9(10,11)12/h6H,5H2,1-4H3,(H,13,14). The minimum Gasteiger partial charge on any atom is -0.344 e. The van der Waals surface area contributed by atoms with Gasteiger partial charge in [0.05, 0.1) is 0 Å². The molecule has 84 valence electrons. The zero-order valence-corrected chi connectivity index (χ0v) is 8.83. The predicted octanol–water partition coefficient (Wildman–Crippen LogP) is 2.49. The van der Waals surface area contributed by atoms with Crippen LogP contribution in [0.5, 0.6) is 0 Å². The van der Waals surface area contributed by atoms with E-state index < -0.39 is 23.5 Å². The van der Waals surface area contributed by atoms with E-state index in [1.165, 1.54) is 0 Å².